The van der Waals surface area contributed by atoms with E-state index >= 15 is 0 Å². The highest BCUT2D eigenvalue weighted by atomic mass is 32.1. The van der Waals surface area contributed by atoms with Crippen LogP contribution >= 0.6 is 11.3 Å². The molecule has 0 saturated heterocycles. The number of nitrogens with zero attached hydrogens (tertiary/aromatic N) is 2. The van der Waals surface area contributed by atoms with Crippen LogP contribution in [0.2, 0.25) is 0 Å². The molecule has 0 spiro atoms. The molecule has 0 atom stereocenters. The Labute approximate surface area is 171 Å². The molecule has 0 saturated carbocycles. The van der Waals surface area contributed by atoms with Crippen LogP contribution in [0.4, 0.5) is 11.4 Å². The highest BCUT2D eigenvalue weighted by Gasteiger charge is 2.28. The minimum absolute atomic E-state index is 0.107. The van der Waals surface area contributed by atoms with Crippen molar-refractivity contribution in [2.75, 3.05) is 30.5 Å². The molecular weight excluding hydrogens is 390 g/mol. The predicted molar refractivity (Wildman–Crippen MR) is 112 cm³/mol. The van der Waals surface area contributed by atoms with Crippen molar-refractivity contribution in [3.05, 3.63) is 52.9 Å². The first-order chi connectivity index (χ1) is 14.0. The Hall–Kier alpha value is -3.39. The smallest absolute Gasteiger partial charge is 0.265 e. The Morgan fingerprint density at radius 2 is 2.17 bits per heavy atom. The van der Waals surface area contributed by atoms with Crippen molar-refractivity contribution >= 4 is 34.5 Å². The molecule has 3 aromatic rings. The number of fused-ring (bicyclic) bond motifs is 1. The van der Waals surface area contributed by atoms with E-state index in [4.69, 9.17) is 9.47 Å². The second-order valence-electron chi connectivity index (χ2n) is 6.58. The molecule has 2 heterocycles. The van der Waals surface area contributed by atoms with Crippen molar-refractivity contribution in [1.82, 2.24) is 4.98 Å². The van der Waals surface area contributed by atoms with Crippen LogP contribution in [0, 0.1) is 6.92 Å². The zero-order valence-corrected chi connectivity index (χ0v) is 16.8. The first kappa shape index (κ1) is 18.9. The number of carbonyl (C=O) groups is 2. The van der Waals surface area contributed by atoms with Crippen molar-refractivity contribution < 1.29 is 19.1 Å². The van der Waals surface area contributed by atoms with Crippen LogP contribution in [0.15, 0.2) is 47.3 Å². The van der Waals surface area contributed by atoms with Crippen LogP contribution in [0.5, 0.6) is 11.5 Å². The van der Waals surface area contributed by atoms with Crippen LogP contribution in [0.1, 0.15) is 5.56 Å². The third-order valence-corrected chi connectivity index (χ3v) is 5.15. The lowest BCUT2D eigenvalue weighted by Crippen LogP contribution is -2.43. The summed E-state index contributed by atoms with van der Waals surface area (Å²) in [7, 11) is 1.54. The van der Waals surface area contributed by atoms with Crippen LogP contribution in [-0.2, 0) is 9.59 Å². The number of rotatable bonds is 5. The van der Waals surface area contributed by atoms with E-state index in [0.717, 1.165) is 16.8 Å². The summed E-state index contributed by atoms with van der Waals surface area (Å²) < 4.78 is 10.8. The standard InChI is InChI=1S/C21H19N3O4S/c1-13-3-5-18(27-2)15(7-13)23-20(25)9-24-17-8-14(16-11-29-12-22-16)4-6-19(17)28-10-21(24)26/h3-8,11-12H,9-10H2,1-2H3,(H,23,25). The third-order valence-electron chi connectivity index (χ3n) is 4.56. The molecule has 2 aromatic carbocycles. The van der Waals surface area contributed by atoms with Crippen molar-refractivity contribution in [2.24, 2.45) is 0 Å². The molecule has 4 rings (SSSR count). The van der Waals surface area contributed by atoms with Crippen LogP contribution in [0.3, 0.4) is 0 Å². The van der Waals surface area contributed by atoms with Gasteiger partial charge in [-0.05, 0) is 42.8 Å². The van der Waals surface area contributed by atoms with Crippen LogP contribution < -0.4 is 19.7 Å². The lowest BCUT2D eigenvalue weighted by molar-refractivity contribution is -0.123. The Morgan fingerprint density at radius 3 is 2.93 bits per heavy atom. The summed E-state index contributed by atoms with van der Waals surface area (Å²) in [6.07, 6.45) is 0. The van der Waals surface area contributed by atoms with Gasteiger partial charge >= 0.3 is 0 Å². The van der Waals surface area contributed by atoms with Gasteiger partial charge in [0, 0.05) is 10.9 Å². The fraction of sp³-hybridized carbons (Fsp3) is 0.190. The largest absolute Gasteiger partial charge is 0.495 e. The number of methoxy groups -OCH3 is 1. The van der Waals surface area contributed by atoms with Gasteiger partial charge in [-0.1, -0.05) is 6.07 Å². The first-order valence-corrected chi connectivity index (χ1v) is 9.89. The summed E-state index contributed by atoms with van der Waals surface area (Å²) in [5.74, 6) is 0.515. The fourth-order valence-corrected chi connectivity index (χ4v) is 3.70. The second-order valence-corrected chi connectivity index (χ2v) is 7.30. The molecule has 0 radical (unpaired) electrons. The van der Waals surface area contributed by atoms with E-state index in [9.17, 15) is 9.59 Å². The highest BCUT2D eigenvalue weighted by Crippen LogP contribution is 2.36. The number of thiazole rings is 1. The molecule has 1 aliphatic rings. The van der Waals surface area contributed by atoms with Gasteiger partial charge in [0.15, 0.2) is 6.61 Å². The molecule has 0 aliphatic carbocycles. The third kappa shape index (κ3) is 3.93. The summed E-state index contributed by atoms with van der Waals surface area (Å²) in [5.41, 5.74) is 5.52. The summed E-state index contributed by atoms with van der Waals surface area (Å²) in [6.45, 7) is 1.69. The number of carbonyl (C=O) groups excluding carboxylic acids is 2. The van der Waals surface area contributed by atoms with Crippen molar-refractivity contribution in [1.29, 1.82) is 0 Å². The van der Waals surface area contributed by atoms with Gasteiger partial charge in [0.1, 0.15) is 18.0 Å². The van der Waals surface area contributed by atoms with Gasteiger partial charge in [0.2, 0.25) is 5.91 Å². The maximum Gasteiger partial charge on any atom is 0.265 e. The highest BCUT2D eigenvalue weighted by molar-refractivity contribution is 7.07. The van der Waals surface area contributed by atoms with E-state index in [2.05, 4.69) is 10.3 Å². The van der Waals surface area contributed by atoms with Gasteiger partial charge in [-0.3, -0.25) is 14.5 Å². The zero-order valence-electron chi connectivity index (χ0n) is 16.0. The number of benzene rings is 2. The number of hydrogen-bond donors (Lipinski definition) is 1. The van der Waals surface area contributed by atoms with E-state index in [1.54, 1.807) is 24.8 Å². The number of amides is 2. The molecule has 1 aromatic heterocycles. The molecule has 148 valence electrons. The van der Waals surface area contributed by atoms with E-state index in [1.807, 2.05) is 36.6 Å². The van der Waals surface area contributed by atoms with E-state index < -0.39 is 0 Å². The van der Waals surface area contributed by atoms with Gasteiger partial charge in [-0.15, -0.1) is 11.3 Å². The summed E-state index contributed by atoms with van der Waals surface area (Å²) >= 11 is 1.49. The maximum atomic E-state index is 12.7. The molecule has 29 heavy (non-hydrogen) atoms. The molecule has 0 bridgehead atoms. The van der Waals surface area contributed by atoms with Gasteiger partial charge < -0.3 is 14.8 Å². The number of aryl methyl sites for hydroxylation is 1. The van der Waals surface area contributed by atoms with Crippen molar-refractivity contribution in [2.45, 2.75) is 6.92 Å². The SMILES string of the molecule is COc1ccc(C)cc1NC(=O)CN1C(=O)COc2ccc(-c3cscn3)cc21. The predicted octanol–water partition coefficient (Wildman–Crippen LogP) is 3.49. The number of hydrogen-bond acceptors (Lipinski definition) is 6. The molecule has 8 heteroatoms. The fourth-order valence-electron chi connectivity index (χ4n) is 3.14. The molecule has 0 fully saturated rings. The quantitative estimate of drug-likeness (QED) is 0.698. The first-order valence-electron chi connectivity index (χ1n) is 8.95. The molecule has 0 unspecified atom stereocenters. The Kier molecular flexibility index (Phi) is 5.18. The normalized spacial score (nSPS) is 12.9. The Morgan fingerprint density at radius 1 is 1.31 bits per heavy atom. The number of anilines is 2. The maximum absolute atomic E-state index is 12.7. The van der Waals surface area contributed by atoms with E-state index in [1.165, 1.54) is 16.2 Å². The van der Waals surface area contributed by atoms with Crippen LogP contribution in [0.25, 0.3) is 11.3 Å². The average Bonchev–Trinajstić information content (AvgIpc) is 3.25. The van der Waals surface area contributed by atoms with E-state index in [-0.39, 0.29) is 25.0 Å². The number of ether oxygens (including phenoxy) is 2. The van der Waals surface area contributed by atoms with Crippen LogP contribution in [-0.4, -0.2) is 37.1 Å². The lowest BCUT2D eigenvalue weighted by Gasteiger charge is -2.29. The summed E-state index contributed by atoms with van der Waals surface area (Å²) in [5, 5.41) is 4.76. The summed E-state index contributed by atoms with van der Waals surface area (Å²) in [4.78, 5) is 31.0. The van der Waals surface area contributed by atoms with Gasteiger partial charge in [0.05, 0.1) is 29.7 Å². The van der Waals surface area contributed by atoms with Gasteiger partial charge in [-0.25, -0.2) is 4.98 Å². The Balaban J connectivity index is 1.59. The average molecular weight is 409 g/mol. The minimum atomic E-state index is -0.325. The molecular formula is C21H19N3O4S. The molecule has 7 nitrogen and oxygen atoms in total. The second kappa shape index (κ2) is 7.92. The zero-order chi connectivity index (χ0) is 20.4. The Bertz CT molecular complexity index is 1070. The van der Waals surface area contributed by atoms with Crippen molar-refractivity contribution in [3.63, 3.8) is 0 Å². The van der Waals surface area contributed by atoms with E-state index in [0.29, 0.717) is 22.9 Å². The lowest BCUT2D eigenvalue weighted by atomic mass is 10.1. The van der Waals surface area contributed by atoms with Gasteiger partial charge in [0.25, 0.3) is 5.91 Å². The number of aromatic nitrogens is 1. The van der Waals surface area contributed by atoms with Gasteiger partial charge in [-0.2, -0.15) is 0 Å². The minimum Gasteiger partial charge on any atom is -0.495 e. The monoisotopic (exact) mass is 409 g/mol. The summed E-state index contributed by atoms with van der Waals surface area (Å²) in [6, 6.07) is 11.0. The molecule has 1 N–H and O–H groups in total. The molecule has 2 amide bonds. The topological polar surface area (TPSA) is 80.8 Å². The molecule has 1 aliphatic heterocycles. The number of nitrogens with one attached hydrogen (secondary N) is 1. The van der Waals surface area contributed by atoms with Crippen molar-refractivity contribution in [3.8, 4) is 22.8 Å².